The van der Waals surface area contributed by atoms with Crippen LogP contribution in [0.2, 0.25) is 0 Å². The number of furan rings is 1. The molecule has 0 spiro atoms. The Hall–Kier alpha value is -1.99. The van der Waals surface area contributed by atoms with Crippen molar-refractivity contribution in [1.29, 1.82) is 0 Å². The molecule has 1 atom stereocenters. The number of nitrogens with zero attached hydrogens (tertiary/aromatic N) is 2. The van der Waals surface area contributed by atoms with Crippen molar-refractivity contribution in [3.05, 3.63) is 40.2 Å². The molecule has 6 nitrogen and oxygen atoms in total. The van der Waals surface area contributed by atoms with Gasteiger partial charge in [0.2, 0.25) is 0 Å². The Kier molecular flexibility index (Phi) is 5.11. The molecule has 1 aliphatic heterocycles. The van der Waals surface area contributed by atoms with Gasteiger partial charge < -0.3 is 14.1 Å². The van der Waals surface area contributed by atoms with Gasteiger partial charge in [0.25, 0.3) is 5.91 Å². The zero-order valence-corrected chi connectivity index (χ0v) is 14.5. The standard InChI is InChI=1S/C17H20N2O4S/c1-11(2)16-18-13(10-24-16)17(21)19-5-7-22-9-12(19)8-14(20)15-4-3-6-23-15/h3-4,6,10-12H,5,7-9H2,1-2H3/t12-/m1/s1. The lowest BCUT2D eigenvalue weighted by Gasteiger charge is -2.34. The van der Waals surface area contributed by atoms with Gasteiger partial charge in [0, 0.05) is 24.3 Å². The van der Waals surface area contributed by atoms with E-state index in [1.165, 1.54) is 17.6 Å². The molecular formula is C17H20N2O4S. The highest BCUT2D eigenvalue weighted by Crippen LogP contribution is 2.22. The van der Waals surface area contributed by atoms with Crippen LogP contribution in [0.5, 0.6) is 0 Å². The van der Waals surface area contributed by atoms with Crippen molar-refractivity contribution in [2.75, 3.05) is 19.8 Å². The molecule has 3 heterocycles. The second kappa shape index (κ2) is 7.27. The number of aromatic nitrogens is 1. The SMILES string of the molecule is CC(C)c1nc(C(=O)N2CCOC[C@H]2CC(=O)c2ccco2)cs1. The second-order valence-corrected chi connectivity index (χ2v) is 6.95. The number of morpholine rings is 1. The molecule has 0 radical (unpaired) electrons. The van der Waals surface area contributed by atoms with Crippen molar-refractivity contribution in [1.82, 2.24) is 9.88 Å². The largest absolute Gasteiger partial charge is 0.461 e. The fraction of sp³-hybridized carbons (Fsp3) is 0.471. The molecule has 0 bridgehead atoms. The number of ether oxygens (including phenoxy) is 1. The fourth-order valence-electron chi connectivity index (χ4n) is 2.64. The molecule has 2 aromatic rings. The van der Waals surface area contributed by atoms with Crippen LogP contribution in [-0.2, 0) is 4.74 Å². The van der Waals surface area contributed by atoms with Gasteiger partial charge in [-0.3, -0.25) is 9.59 Å². The Morgan fingerprint density at radius 1 is 1.46 bits per heavy atom. The van der Waals surface area contributed by atoms with Crippen molar-refractivity contribution in [2.24, 2.45) is 0 Å². The summed E-state index contributed by atoms with van der Waals surface area (Å²) in [4.78, 5) is 31.2. The van der Waals surface area contributed by atoms with E-state index in [4.69, 9.17) is 9.15 Å². The summed E-state index contributed by atoms with van der Waals surface area (Å²) in [6.45, 7) is 5.38. The second-order valence-electron chi connectivity index (χ2n) is 6.06. The molecule has 1 fully saturated rings. The number of rotatable bonds is 5. The summed E-state index contributed by atoms with van der Waals surface area (Å²) in [5, 5.41) is 2.73. The monoisotopic (exact) mass is 348 g/mol. The molecular weight excluding hydrogens is 328 g/mol. The van der Waals surface area contributed by atoms with Gasteiger partial charge in [0.05, 0.1) is 30.5 Å². The van der Waals surface area contributed by atoms with E-state index in [9.17, 15) is 9.59 Å². The van der Waals surface area contributed by atoms with E-state index in [2.05, 4.69) is 4.98 Å². The molecule has 1 saturated heterocycles. The van der Waals surface area contributed by atoms with Gasteiger partial charge >= 0.3 is 0 Å². The first kappa shape index (κ1) is 16.9. The Balaban J connectivity index is 1.73. The third-order valence-corrected chi connectivity index (χ3v) is 5.09. The van der Waals surface area contributed by atoms with Crippen molar-refractivity contribution < 1.29 is 18.7 Å². The van der Waals surface area contributed by atoms with Gasteiger partial charge in [-0.1, -0.05) is 13.8 Å². The maximum atomic E-state index is 12.8. The van der Waals surface area contributed by atoms with Gasteiger partial charge in [-0.2, -0.15) is 0 Å². The Bertz CT molecular complexity index is 708. The fourth-order valence-corrected chi connectivity index (χ4v) is 3.45. The average molecular weight is 348 g/mol. The third kappa shape index (κ3) is 3.57. The van der Waals surface area contributed by atoms with Gasteiger partial charge in [-0.15, -0.1) is 11.3 Å². The van der Waals surface area contributed by atoms with Gasteiger partial charge in [0.15, 0.2) is 11.5 Å². The number of hydrogen-bond acceptors (Lipinski definition) is 6. The van der Waals surface area contributed by atoms with Crippen LogP contribution in [0.1, 0.15) is 52.2 Å². The number of carbonyl (C=O) groups excluding carboxylic acids is 2. The number of carbonyl (C=O) groups is 2. The molecule has 24 heavy (non-hydrogen) atoms. The molecule has 7 heteroatoms. The predicted octanol–water partition coefficient (Wildman–Crippen LogP) is 2.97. The molecule has 0 N–H and O–H groups in total. The minimum Gasteiger partial charge on any atom is -0.461 e. The van der Waals surface area contributed by atoms with Crippen molar-refractivity contribution >= 4 is 23.0 Å². The first-order valence-corrected chi connectivity index (χ1v) is 8.85. The van der Waals surface area contributed by atoms with Crippen LogP contribution < -0.4 is 0 Å². The Labute approximate surface area is 144 Å². The summed E-state index contributed by atoms with van der Waals surface area (Å²) in [7, 11) is 0. The highest BCUT2D eigenvalue weighted by atomic mass is 32.1. The quantitative estimate of drug-likeness (QED) is 0.777. The molecule has 0 aliphatic carbocycles. The van der Waals surface area contributed by atoms with E-state index < -0.39 is 0 Å². The molecule has 0 aromatic carbocycles. The maximum absolute atomic E-state index is 12.8. The molecule has 2 aromatic heterocycles. The normalized spacial score (nSPS) is 18.1. The summed E-state index contributed by atoms with van der Waals surface area (Å²) in [6, 6.07) is 3.01. The van der Waals surface area contributed by atoms with Crippen LogP contribution in [0.4, 0.5) is 0 Å². The molecule has 0 unspecified atom stereocenters. The van der Waals surface area contributed by atoms with Crippen LogP contribution in [0.3, 0.4) is 0 Å². The van der Waals surface area contributed by atoms with E-state index in [1.54, 1.807) is 22.4 Å². The Morgan fingerprint density at radius 2 is 2.29 bits per heavy atom. The highest BCUT2D eigenvalue weighted by Gasteiger charge is 2.31. The zero-order valence-electron chi connectivity index (χ0n) is 13.7. The number of amides is 1. The van der Waals surface area contributed by atoms with E-state index >= 15 is 0 Å². The van der Waals surface area contributed by atoms with Crippen LogP contribution in [-0.4, -0.2) is 47.4 Å². The third-order valence-electron chi connectivity index (χ3n) is 3.94. The van der Waals surface area contributed by atoms with Crippen LogP contribution >= 0.6 is 11.3 Å². The van der Waals surface area contributed by atoms with E-state index in [0.717, 1.165) is 5.01 Å². The lowest BCUT2D eigenvalue weighted by Crippen LogP contribution is -2.49. The first-order chi connectivity index (χ1) is 11.6. The molecule has 128 valence electrons. The number of thiazole rings is 1. The minimum atomic E-state index is -0.298. The van der Waals surface area contributed by atoms with E-state index in [0.29, 0.717) is 31.2 Å². The number of Topliss-reactive ketones (excluding diaryl/α,β-unsaturated/α-hetero) is 1. The topological polar surface area (TPSA) is 72.6 Å². The summed E-state index contributed by atoms with van der Waals surface area (Å²) < 4.78 is 10.6. The summed E-state index contributed by atoms with van der Waals surface area (Å²) >= 11 is 1.49. The summed E-state index contributed by atoms with van der Waals surface area (Å²) in [5.41, 5.74) is 0.445. The minimum absolute atomic E-state index is 0.130. The van der Waals surface area contributed by atoms with Crippen LogP contribution in [0, 0.1) is 0 Å². The lowest BCUT2D eigenvalue weighted by atomic mass is 10.1. The highest BCUT2D eigenvalue weighted by molar-refractivity contribution is 7.09. The van der Waals surface area contributed by atoms with Crippen LogP contribution in [0.15, 0.2) is 28.2 Å². The van der Waals surface area contributed by atoms with Gasteiger partial charge in [-0.25, -0.2) is 4.98 Å². The number of hydrogen-bond donors (Lipinski definition) is 0. The average Bonchev–Trinajstić information content (AvgIpc) is 3.26. The van der Waals surface area contributed by atoms with Crippen molar-refractivity contribution in [3.63, 3.8) is 0 Å². The molecule has 1 amide bonds. The summed E-state index contributed by atoms with van der Waals surface area (Å²) in [6.07, 6.45) is 1.65. The van der Waals surface area contributed by atoms with Crippen LogP contribution in [0.25, 0.3) is 0 Å². The van der Waals surface area contributed by atoms with E-state index in [1.807, 2.05) is 13.8 Å². The van der Waals surface area contributed by atoms with E-state index in [-0.39, 0.29) is 30.1 Å². The van der Waals surface area contributed by atoms with Crippen molar-refractivity contribution in [2.45, 2.75) is 32.2 Å². The van der Waals surface area contributed by atoms with Gasteiger partial charge in [0.1, 0.15) is 5.69 Å². The first-order valence-electron chi connectivity index (χ1n) is 7.97. The van der Waals surface area contributed by atoms with Gasteiger partial charge in [-0.05, 0) is 12.1 Å². The molecule has 0 saturated carbocycles. The predicted molar refractivity (Wildman–Crippen MR) is 89.5 cm³/mol. The Morgan fingerprint density at radius 3 is 2.96 bits per heavy atom. The smallest absolute Gasteiger partial charge is 0.273 e. The lowest BCUT2D eigenvalue weighted by molar-refractivity contribution is -0.00330. The number of ketones is 1. The molecule has 1 aliphatic rings. The molecule has 3 rings (SSSR count). The van der Waals surface area contributed by atoms with Crippen molar-refractivity contribution in [3.8, 4) is 0 Å². The summed E-state index contributed by atoms with van der Waals surface area (Å²) in [5.74, 6) is 0.328. The maximum Gasteiger partial charge on any atom is 0.273 e. The zero-order chi connectivity index (χ0) is 17.1.